The first kappa shape index (κ1) is 24.6. The van der Waals surface area contributed by atoms with E-state index in [9.17, 15) is 5.11 Å². The van der Waals surface area contributed by atoms with Gasteiger partial charge in [-0.05, 0) is 110 Å². The molecule has 32 heavy (non-hydrogen) atoms. The molecule has 4 aliphatic rings. The number of hydrogen-bond acceptors (Lipinski definition) is 1. The van der Waals surface area contributed by atoms with Crippen LogP contribution in [0.3, 0.4) is 0 Å². The summed E-state index contributed by atoms with van der Waals surface area (Å²) in [5, 5.41) is 10.8. The highest BCUT2D eigenvalue weighted by Gasteiger charge is 2.63. The predicted molar refractivity (Wildman–Crippen MR) is 137 cm³/mol. The zero-order valence-electron chi connectivity index (χ0n) is 22.6. The van der Waals surface area contributed by atoms with Gasteiger partial charge in [-0.1, -0.05) is 78.7 Å². The summed E-state index contributed by atoms with van der Waals surface area (Å²) >= 11 is 0. The van der Waals surface area contributed by atoms with Crippen LogP contribution in [-0.2, 0) is 0 Å². The topological polar surface area (TPSA) is 20.2 Å². The Bertz CT molecular complexity index is 786. The van der Waals surface area contributed by atoms with Crippen LogP contribution >= 0.6 is 0 Å². The van der Waals surface area contributed by atoms with Crippen molar-refractivity contribution < 1.29 is 5.11 Å². The van der Waals surface area contributed by atoms with Crippen LogP contribution in [0.1, 0.15) is 120 Å². The van der Waals surface area contributed by atoms with Gasteiger partial charge in [-0.2, -0.15) is 0 Å². The van der Waals surface area contributed by atoms with Gasteiger partial charge in [0.25, 0.3) is 0 Å². The van der Waals surface area contributed by atoms with Gasteiger partial charge in [0.05, 0.1) is 6.10 Å². The first-order chi connectivity index (χ1) is 14.8. The van der Waals surface area contributed by atoms with Gasteiger partial charge in [-0.15, -0.1) is 0 Å². The van der Waals surface area contributed by atoms with Crippen molar-refractivity contribution in [1.29, 1.82) is 0 Å². The zero-order valence-corrected chi connectivity index (χ0v) is 22.6. The molecular formula is C31H52O. The van der Waals surface area contributed by atoms with Crippen LogP contribution < -0.4 is 0 Å². The molecule has 7 atom stereocenters. The van der Waals surface area contributed by atoms with E-state index >= 15 is 0 Å². The van der Waals surface area contributed by atoms with Gasteiger partial charge >= 0.3 is 0 Å². The number of aliphatic hydroxyl groups excluding tert-OH is 1. The van der Waals surface area contributed by atoms with Crippen molar-refractivity contribution in [3.8, 4) is 0 Å². The Labute approximate surface area is 199 Å². The summed E-state index contributed by atoms with van der Waals surface area (Å²) in [4.78, 5) is 0. The standard InChI is InChI=1S/C31H52O/c1-20(2)21(3)10-11-22(4)23-14-18-31(9)25-12-13-26-28(5,6)27(32)16-17-29(26,7)24(25)15-19-30(23,31)8/h20,22-23,26-27,32H,3,10-19H2,1-2,4-9H3/t22-,23-,26-,27-,29+,30-,31+/m1/s1. The molecule has 182 valence electrons. The monoisotopic (exact) mass is 440 g/mol. The average Bonchev–Trinajstić information content (AvgIpc) is 3.00. The molecule has 0 saturated heterocycles. The molecule has 1 nitrogen and oxygen atoms in total. The van der Waals surface area contributed by atoms with E-state index in [1.165, 1.54) is 63.4 Å². The Balaban J connectivity index is 1.62. The van der Waals surface area contributed by atoms with E-state index in [1.807, 2.05) is 11.1 Å². The summed E-state index contributed by atoms with van der Waals surface area (Å²) in [6.07, 6.45) is 12.6. The van der Waals surface area contributed by atoms with Crippen LogP contribution in [0, 0.1) is 45.3 Å². The molecule has 1 N–H and O–H groups in total. The van der Waals surface area contributed by atoms with Crippen molar-refractivity contribution >= 4 is 0 Å². The summed E-state index contributed by atoms with van der Waals surface area (Å²) in [6.45, 7) is 24.1. The Morgan fingerprint density at radius 3 is 2.28 bits per heavy atom. The van der Waals surface area contributed by atoms with E-state index in [0.717, 1.165) is 18.3 Å². The Morgan fingerprint density at radius 2 is 1.62 bits per heavy atom. The third-order valence-corrected chi connectivity index (χ3v) is 12.2. The minimum Gasteiger partial charge on any atom is -0.393 e. The number of allylic oxidation sites excluding steroid dienone is 3. The van der Waals surface area contributed by atoms with E-state index in [1.54, 1.807) is 0 Å². The van der Waals surface area contributed by atoms with Gasteiger partial charge in [-0.3, -0.25) is 0 Å². The lowest BCUT2D eigenvalue weighted by Gasteiger charge is -2.62. The molecular weight excluding hydrogens is 388 g/mol. The fraction of sp³-hybridized carbons (Fsp3) is 0.871. The molecule has 1 heteroatoms. The van der Waals surface area contributed by atoms with Gasteiger partial charge in [-0.25, -0.2) is 0 Å². The normalized spacial score (nSPS) is 44.1. The maximum Gasteiger partial charge on any atom is 0.0594 e. The van der Waals surface area contributed by atoms with Crippen molar-refractivity contribution in [3.05, 3.63) is 23.3 Å². The first-order valence-corrected chi connectivity index (χ1v) is 13.9. The second-order valence-electron chi connectivity index (χ2n) is 14.1. The lowest BCUT2D eigenvalue weighted by molar-refractivity contribution is -0.0962. The fourth-order valence-corrected chi connectivity index (χ4v) is 9.53. The molecule has 2 fully saturated rings. The summed E-state index contributed by atoms with van der Waals surface area (Å²) in [5.41, 5.74) is 6.32. The molecule has 0 aromatic rings. The molecule has 0 aliphatic heterocycles. The number of hydrogen-bond donors (Lipinski definition) is 1. The quantitative estimate of drug-likeness (QED) is 0.424. The van der Waals surface area contributed by atoms with Crippen molar-refractivity contribution in [2.45, 2.75) is 126 Å². The van der Waals surface area contributed by atoms with Crippen LogP contribution in [0.5, 0.6) is 0 Å². The molecule has 0 heterocycles. The van der Waals surface area contributed by atoms with Crippen LogP contribution in [-0.4, -0.2) is 11.2 Å². The zero-order chi connectivity index (χ0) is 23.7. The van der Waals surface area contributed by atoms with E-state index < -0.39 is 0 Å². The summed E-state index contributed by atoms with van der Waals surface area (Å²) in [6, 6.07) is 0. The molecule has 0 spiro atoms. The molecule has 0 radical (unpaired) electrons. The number of aliphatic hydroxyl groups is 1. The van der Waals surface area contributed by atoms with Gasteiger partial charge in [0.15, 0.2) is 0 Å². The first-order valence-electron chi connectivity index (χ1n) is 13.9. The molecule has 0 aromatic heterocycles. The van der Waals surface area contributed by atoms with Crippen molar-refractivity contribution in [3.63, 3.8) is 0 Å². The van der Waals surface area contributed by atoms with E-state index in [4.69, 9.17) is 0 Å². The average molecular weight is 441 g/mol. The molecule has 0 amide bonds. The highest BCUT2D eigenvalue weighted by Crippen LogP contribution is 2.72. The highest BCUT2D eigenvalue weighted by atomic mass is 16.3. The van der Waals surface area contributed by atoms with E-state index in [0.29, 0.717) is 28.1 Å². The highest BCUT2D eigenvalue weighted by molar-refractivity contribution is 5.38. The maximum absolute atomic E-state index is 10.8. The van der Waals surface area contributed by atoms with E-state index in [-0.39, 0.29) is 11.5 Å². The molecule has 0 bridgehead atoms. The Kier molecular flexibility index (Phi) is 6.14. The second kappa shape index (κ2) is 8.00. The minimum atomic E-state index is -0.135. The summed E-state index contributed by atoms with van der Waals surface area (Å²) in [5.74, 6) is 2.87. The molecule has 2 saturated carbocycles. The van der Waals surface area contributed by atoms with Crippen LogP contribution in [0.4, 0.5) is 0 Å². The van der Waals surface area contributed by atoms with Crippen molar-refractivity contribution in [2.24, 2.45) is 45.3 Å². The Morgan fingerprint density at radius 1 is 0.938 bits per heavy atom. The lowest BCUT2D eigenvalue weighted by atomic mass is 9.43. The largest absolute Gasteiger partial charge is 0.393 e. The fourth-order valence-electron chi connectivity index (χ4n) is 9.53. The van der Waals surface area contributed by atoms with Gasteiger partial charge in [0.2, 0.25) is 0 Å². The maximum atomic E-state index is 10.8. The third kappa shape index (κ3) is 3.34. The van der Waals surface area contributed by atoms with Crippen LogP contribution in [0.25, 0.3) is 0 Å². The Hall–Kier alpha value is -0.560. The summed E-state index contributed by atoms with van der Waals surface area (Å²) in [7, 11) is 0. The van der Waals surface area contributed by atoms with E-state index in [2.05, 4.69) is 62.0 Å². The smallest absolute Gasteiger partial charge is 0.0594 e. The third-order valence-electron chi connectivity index (χ3n) is 12.2. The van der Waals surface area contributed by atoms with Gasteiger partial charge in [0, 0.05) is 0 Å². The van der Waals surface area contributed by atoms with Crippen LogP contribution in [0.2, 0.25) is 0 Å². The van der Waals surface area contributed by atoms with Gasteiger partial charge in [0.1, 0.15) is 0 Å². The van der Waals surface area contributed by atoms with Gasteiger partial charge < -0.3 is 5.11 Å². The minimum absolute atomic E-state index is 0.0404. The van der Waals surface area contributed by atoms with Crippen LogP contribution in [0.15, 0.2) is 23.3 Å². The predicted octanol–water partition coefficient (Wildman–Crippen LogP) is 8.73. The molecule has 0 aromatic carbocycles. The molecule has 0 unspecified atom stereocenters. The van der Waals surface area contributed by atoms with Crippen molar-refractivity contribution in [2.75, 3.05) is 0 Å². The lowest BCUT2D eigenvalue weighted by Crippen LogP contribution is -2.55. The molecule has 4 aliphatic carbocycles. The molecule has 4 rings (SSSR count). The second-order valence-corrected chi connectivity index (χ2v) is 14.1. The number of rotatable bonds is 5. The number of fused-ring (bicyclic) bond motifs is 4. The van der Waals surface area contributed by atoms with Crippen molar-refractivity contribution in [1.82, 2.24) is 0 Å². The SMILES string of the molecule is C=C(CC[C@@H](C)[C@H]1CC[C@@]2(C)C3=C(CC[C@]12C)[C@]1(C)CC[C@@H](O)C(C)(C)[C@H]1CC3)C(C)C. The summed E-state index contributed by atoms with van der Waals surface area (Å²) < 4.78 is 0.